The molecule has 7 heteroatoms. The van der Waals surface area contributed by atoms with Crippen LogP contribution in [0, 0.1) is 17.0 Å². The number of anilines is 1. The molecule has 3 rings (SSSR count). The summed E-state index contributed by atoms with van der Waals surface area (Å²) in [7, 11) is 3.07. The van der Waals surface area contributed by atoms with Crippen molar-refractivity contribution in [2.24, 2.45) is 0 Å². The number of carbonyl (C=O) groups excluding carboxylic acids is 1. The van der Waals surface area contributed by atoms with E-state index >= 15 is 0 Å². The average Bonchev–Trinajstić information content (AvgIpc) is 2.78. The van der Waals surface area contributed by atoms with Crippen molar-refractivity contribution in [2.45, 2.75) is 19.4 Å². The van der Waals surface area contributed by atoms with Crippen LogP contribution in [-0.2, 0) is 0 Å². The molecule has 0 aliphatic heterocycles. The van der Waals surface area contributed by atoms with Crippen LogP contribution in [0.2, 0.25) is 0 Å². The number of benzene rings is 3. The molecule has 1 atom stereocenters. The molecule has 7 nitrogen and oxygen atoms in total. The van der Waals surface area contributed by atoms with Gasteiger partial charge in [0.1, 0.15) is 0 Å². The molecule has 1 N–H and O–H groups in total. The first kappa shape index (κ1) is 21.8. The Morgan fingerprint density at radius 3 is 2.32 bits per heavy atom. The highest BCUT2D eigenvalue weighted by atomic mass is 16.6. The van der Waals surface area contributed by atoms with Crippen molar-refractivity contribution in [2.75, 3.05) is 19.5 Å². The molecule has 0 aromatic heterocycles. The molecular formula is C24H24N2O5. The van der Waals surface area contributed by atoms with Gasteiger partial charge in [0.15, 0.2) is 17.3 Å². The zero-order valence-electron chi connectivity index (χ0n) is 17.6. The van der Waals surface area contributed by atoms with E-state index in [1.54, 1.807) is 37.4 Å². The van der Waals surface area contributed by atoms with Crippen LogP contribution in [0.5, 0.6) is 11.5 Å². The van der Waals surface area contributed by atoms with E-state index in [2.05, 4.69) is 5.32 Å². The highest BCUT2D eigenvalue weighted by Gasteiger charge is 2.19. The normalized spacial score (nSPS) is 11.5. The van der Waals surface area contributed by atoms with Gasteiger partial charge in [-0.25, -0.2) is 0 Å². The van der Waals surface area contributed by atoms with Gasteiger partial charge in [-0.3, -0.25) is 14.9 Å². The number of nitrogens with one attached hydrogen (secondary N) is 1. The van der Waals surface area contributed by atoms with Gasteiger partial charge in [0, 0.05) is 29.8 Å². The minimum atomic E-state index is -0.442. The summed E-state index contributed by atoms with van der Waals surface area (Å²) in [4.78, 5) is 23.6. The molecular weight excluding hydrogens is 396 g/mol. The van der Waals surface area contributed by atoms with E-state index in [1.165, 1.54) is 19.2 Å². The molecule has 0 bridgehead atoms. The number of nitro benzene ring substituents is 1. The molecule has 0 heterocycles. The maximum Gasteiger partial charge on any atom is 0.269 e. The van der Waals surface area contributed by atoms with Crippen LogP contribution < -0.4 is 14.8 Å². The van der Waals surface area contributed by atoms with E-state index in [-0.39, 0.29) is 23.9 Å². The Morgan fingerprint density at radius 1 is 1.00 bits per heavy atom. The van der Waals surface area contributed by atoms with E-state index in [0.717, 1.165) is 11.1 Å². The van der Waals surface area contributed by atoms with Gasteiger partial charge in [-0.15, -0.1) is 0 Å². The maximum atomic E-state index is 13.1. The zero-order chi connectivity index (χ0) is 22.4. The van der Waals surface area contributed by atoms with Crippen molar-refractivity contribution in [3.8, 4) is 11.5 Å². The van der Waals surface area contributed by atoms with Gasteiger partial charge in [0.05, 0.1) is 25.2 Å². The van der Waals surface area contributed by atoms with Gasteiger partial charge in [0.25, 0.3) is 5.69 Å². The molecule has 0 fully saturated rings. The minimum Gasteiger partial charge on any atom is -0.493 e. The van der Waals surface area contributed by atoms with E-state index in [9.17, 15) is 14.9 Å². The summed E-state index contributed by atoms with van der Waals surface area (Å²) in [5.74, 6) is 0.976. The molecule has 0 aliphatic rings. The fraction of sp³-hybridized carbons (Fsp3) is 0.208. The Labute approximate surface area is 180 Å². The lowest BCUT2D eigenvalue weighted by Crippen LogP contribution is -2.16. The number of ketones is 1. The second-order valence-corrected chi connectivity index (χ2v) is 7.11. The molecule has 0 saturated carbocycles. The van der Waals surface area contributed by atoms with Crippen LogP contribution in [0.25, 0.3) is 0 Å². The van der Waals surface area contributed by atoms with Gasteiger partial charge in [-0.1, -0.05) is 29.8 Å². The van der Waals surface area contributed by atoms with Gasteiger partial charge in [-0.05, 0) is 42.8 Å². The first-order valence-electron chi connectivity index (χ1n) is 9.74. The number of ether oxygens (including phenoxy) is 2. The molecule has 160 valence electrons. The Bertz CT molecular complexity index is 1080. The lowest BCUT2D eigenvalue weighted by Gasteiger charge is -2.21. The monoisotopic (exact) mass is 420 g/mol. The smallest absolute Gasteiger partial charge is 0.269 e. The standard InChI is InChI=1S/C24H24N2O5/c1-16-5-4-6-17(13-16)21(25-19-8-10-20(11-9-19)26(28)29)15-22(27)18-7-12-23(30-2)24(14-18)31-3/h4-14,21,25H,15H2,1-3H3. The Balaban J connectivity index is 1.88. The van der Waals surface area contributed by atoms with Gasteiger partial charge in [-0.2, -0.15) is 0 Å². The van der Waals surface area contributed by atoms with Gasteiger partial charge >= 0.3 is 0 Å². The summed E-state index contributed by atoms with van der Waals surface area (Å²) in [6.07, 6.45) is 0.190. The highest BCUT2D eigenvalue weighted by molar-refractivity contribution is 5.97. The van der Waals surface area contributed by atoms with E-state index in [1.807, 2.05) is 31.2 Å². The Hall–Kier alpha value is -3.87. The number of Topliss-reactive ketones (excluding diaryl/α,β-unsaturated/α-hetero) is 1. The molecule has 0 amide bonds. The Morgan fingerprint density at radius 2 is 1.71 bits per heavy atom. The van der Waals surface area contributed by atoms with Crippen LogP contribution in [0.1, 0.15) is 33.9 Å². The molecule has 0 aliphatic carbocycles. The number of methoxy groups -OCH3 is 2. The number of non-ortho nitro benzene ring substituents is 1. The SMILES string of the molecule is COc1ccc(C(=O)CC(Nc2ccc([N+](=O)[O-])cc2)c2cccc(C)c2)cc1OC. The zero-order valence-corrected chi connectivity index (χ0v) is 17.6. The third kappa shape index (κ3) is 5.39. The summed E-state index contributed by atoms with van der Waals surface area (Å²) in [6.45, 7) is 1.99. The van der Waals surface area contributed by atoms with E-state index in [0.29, 0.717) is 22.7 Å². The van der Waals surface area contributed by atoms with Crippen LogP contribution >= 0.6 is 0 Å². The lowest BCUT2D eigenvalue weighted by molar-refractivity contribution is -0.384. The van der Waals surface area contributed by atoms with Crippen molar-refractivity contribution in [3.05, 3.63) is 93.5 Å². The molecule has 31 heavy (non-hydrogen) atoms. The quantitative estimate of drug-likeness (QED) is 0.285. The highest BCUT2D eigenvalue weighted by Crippen LogP contribution is 2.30. The van der Waals surface area contributed by atoms with Crippen LogP contribution in [0.3, 0.4) is 0 Å². The number of carbonyl (C=O) groups is 1. The molecule has 3 aromatic carbocycles. The first-order valence-corrected chi connectivity index (χ1v) is 9.74. The number of rotatable bonds is 9. The molecule has 0 saturated heterocycles. The van der Waals surface area contributed by atoms with Crippen LogP contribution in [0.4, 0.5) is 11.4 Å². The number of nitrogens with zero attached hydrogens (tertiary/aromatic N) is 1. The van der Waals surface area contributed by atoms with Gasteiger partial charge < -0.3 is 14.8 Å². The largest absolute Gasteiger partial charge is 0.493 e. The van der Waals surface area contributed by atoms with Crippen molar-refractivity contribution in [1.82, 2.24) is 0 Å². The minimum absolute atomic E-state index is 0.0130. The van der Waals surface area contributed by atoms with Crippen molar-refractivity contribution in [1.29, 1.82) is 0 Å². The third-order valence-corrected chi connectivity index (χ3v) is 4.96. The summed E-state index contributed by atoms with van der Waals surface area (Å²) in [6, 6.07) is 18.8. The third-order valence-electron chi connectivity index (χ3n) is 4.96. The predicted octanol–water partition coefficient (Wildman–Crippen LogP) is 5.35. The van der Waals surface area contributed by atoms with E-state index in [4.69, 9.17) is 9.47 Å². The lowest BCUT2D eigenvalue weighted by atomic mass is 9.96. The van der Waals surface area contributed by atoms with Crippen molar-refractivity contribution >= 4 is 17.2 Å². The van der Waals surface area contributed by atoms with Gasteiger partial charge in [0.2, 0.25) is 0 Å². The topological polar surface area (TPSA) is 90.7 Å². The molecule has 3 aromatic rings. The fourth-order valence-electron chi connectivity index (χ4n) is 3.33. The number of hydrogen-bond donors (Lipinski definition) is 1. The first-order chi connectivity index (χ1) is 14.9. The summed E-state index contributed by atoms with van der Waals surface area (Å²) in [5, 5.41) is 14.3. The van der Waals surface area contributed by atoms with Crippen molar-refractivity contribution < 1.29 is 19.2 Å². The number of hydrogen-bond acceptors (Lipinski definition) is 6. The van der Waals surface area contributed by atoms with Crippen molar-refractivity contribution in [3.63, 3.8) is 0 Å². The second-order valence-electron chi connectivity index (χ2n) is 7.11. The Kier molecular flexibility index (Phi) is 6.87. The van der Waals surface area contributed by atoms with E-state index < -0.39 is 4.92 Å². The second kappa shape index (κ2) is 9.75. The van der Waals surface area contributed by atoms with Crippen LogP contribution in [-0.4, -0.2) is 24.9 Å². The molecule has 1 unspecified atom stereocenters. The van der Waals surface area contributed by atoms with Crippen LogP contribution in [0.15, 0.2) is 66.7 Å². The number of nitro groups is 1. The maximum absolute atomic E-state index is 13.1. The fourth-order valence-corrected chi connectivity index (χ4v) is 3.33. The summed E-state index contributed by atoms with van der Waals surface area (Å²) in [5.41, 5.74) is 3.25. The predicted molar refractivity (Wildman–Crippen MR) is 119 cm³/mol. The number of aryl methyl sites for hydroxylation is 1. The summed E-state index contributed by atoms with van der Waals surface area (Å²) < 4.78 is 10.6. The average molecular weight is 420 g/mol. The molecule has 0 radical (unpaired) electrons. The molecule has 0 spiro atoms. The summed E-state index contributed by atoms with van der Waals surface area (Å²) >= 11 is 0.